The molecule has 2 fully saturated rings. The highest BCUT2D eigenvalue weighted by atomic mass is 32.2. The molecular formula is C10H17N3O2S2. The zero-order valence-corrected chi connectivity index (χ0v) is 11.3. The molecule has 1 atom stereocenters. The average molecular weight is 275 g/mol. The molecule has 2 saturated heterocycles. The highest BCUT2D eigenvalue weighted by Gasteiger charge is 2.26. The third kappa shape index (κ3) is 3.61. The number of thioether (sulfide) groups is 2. The smallest absolute Gasteiger partial charge is 0.237 e. The summed E-state index contributed by atoms with van der Waals surface area (Å²) in [6.07, 6.45) is 0.916. The van der Waals surface area contributed by atoms with E-state index in [1.165, 1.54) is 0 Å². The summed E-state index contributed by atoms with van der Waals surface area (Å²) in [6.45, 7) is 2.59. The third-order valence-electron chi connectivity index (χ3n) is 2.83. The summed E-state index contributed by atoms with van der Waals surface area (Å²) in [7, 11) is 0. The fraction of sp³-hybridized carbons (Fsp3) is 0.800. The van der Waals surface area contributed by atoms with Gasteiger partial charge in [0.15, 0.2) is 0 Å². The van der Waals surface area contributed by atoms with E-state index in [4.69, 9.17) is 0 Å². The Kier molecular flexibility index (Phi) is 5.15. The molecule has 0 spiro atoms. The van der Waals surface area contributed by atoms with Crippen molar-refractivity contribution in [3.8, 4) is 0 Å². The molecule has 0 aromatic carbocycles. The van der Waals surface area contributed by atoms with Crippen LogP contribution in [0.15, 0.2) is 0 Å². The Morgan fingerprint density at radius 2 is 2.29 bits per heavy atom. The van der Waals surface area contributed by atoms with Crippen LogP contribution in [0.3, 0.4) is 0 Å². The predicted molar refractivity (Wildman–Crippen MR) is 70.9 cm³/mol. The molecule has 5 nitrogen and oxygen atoms in total. The van der Waals surface area contributed by atoms with E-state index >= 15 is 0 Å². The fourth-order valence-corrected chi connectivity index (χ4v) is 4.01. The third-order valence-corrected chi connectivity index (χ3v) is 4.99. The van der Waals surface area contributed by atoms with Crippen molar-refractivity contribution in [3.05, 3.63) is 0 Å². The molecule has 2 aliphatic heterocycles. The monoisotopic (exact) mass is 275 g/mol. The molecule has 7 heteroatoms. The first kappa shape index (κ1) is 13.2. The van der Waals surface area contributed by atoms with E-state index in [1.54, 1.807) is 23.5 Å². The van der Waals surface area contributed by atoms with E-state index in [-0.39, 0.29) is 11.4 Å². The number of aldehydes is 1. The van der Waals surface area contributed by atoms with Gasteiger partial charge >= 0.3 is 0 Å². The number of rotatable bonds is 5. The summed E-state index contributed by atoms with van der Waals surface area (Å²) >= 11 is 3.55. The molecule has 2 aliphatic rings. The predicted octanol–water partition coefficient (Wildman–Crippen LogP) is -0.360. The topological polar surface area (TPSA) is 52.7 Å². The molecule has 1 unspecified atom stereocenters. The molecule has 2 rings (SSSR count). The molecule has 0 aromatic heterocycles. The van der Waals surface area contributed by atoms with E-state index in [0.29, 0.717) is 13.1 Å². The molecule has 2 heterocycles. The summed E-state index contributed by atoms with van der Waals surface area (Å²) in [5, 5.41) is 3.22. The molecule has 17 heavy (non-hydrogen) atoms. The largest absolute Gasteiger partial charge is 0.332 e. The average Bonchev–Trinajstić information content (AvgIpc) is 2.97. The molecule has 1 N–H and O–H groups in total. The van der Waals surface area contributed by atoms with Gasteiger partial charge in [0.2, 0.25) is 5.91 Å². The van der Waals surface area contributed by atoms with Crippen molar-refractivity contribution in [1.82, 2.24) is 15.1 Å². The Labute approximate surface area is 110 Å². The Hall–Kier alpha value is -0.240. The van der Waals surface area contributed by atoms with E-state index < -0.39 is 0 Å². The van der Waals surface area contributed by atoms with Crippen LogP contribution in [0.4, 0.5) is 0 Å². The minimum absolute atomic E-state index is 0.111. The van der Waals surface area contributed by atoms with Crippen molar-refractivity contribution >= 4 is 35.7 Å². The van der Waals surface area contributed by atoms with Crippen molar-refractivity contribution in [1.29, 1.82) is 0 Å². The second kappa shape index (κ2) is 6.63. The van der Waals surface area contributed by atoms with Gasteiger partial charge in [-0.3, -0.25) is 15.0 Å². The van der Waals surface area contributed by atoms with Crippen LogP contribution in [-0.4, -0.2) is 71.1 Å². The summed E-state index contributed by atoms with van der Waals surface area (Å²) in [4.78, 5) is 26.3. The first-order chi connectivity index (χ1) is 8.31. The number of carbonyl (C=O) groups excluding carboxylic acids is 2. The van der Waals surface area contributed by atoms with Gasteiger partial charge < -0.3 is 9.69 Å². The molecule has 0 saturated carbocycles. The normalized spacial score (nSPS) is 25.4. The molecule has 0 aromatic rings. The number of hydrogen-bond donors (Lipinski definition) is 1. The molecule has 0 radical (unpaired) electrons. The van der Waals surface area contributed by atoms with Crippen molar-refractivity contribution in [2.75, 3.05) is 43.6 Å². The van der Waals surface area contributed by atoms with E-state index in [1.807, 2.05) is 4.90 Å². The lowest BCUT2D eigenvalue weighted by Gasteiger charge is -2.23. The van der Waals surface area contributed by atoms with Crippen molar-refractivity contribution < 1.29 is 9.59 Å². The fourth-order valence-electron chi connectivity index (χ4n) is 1.87. The first-order valence-electron chi connectivity index (χ1n) is 5.69. The van der Waals surface area contributed by atoms with Crippen LogP contribution >= 0.6 is 23.5 Å². The van der Waals surface area contributed by atoms with Crippen LogP contribution in [0.1, 0.15) is 0 Å². The molecule has 96 valence electrons. The molecule has 0 bridgehead atoms. The van der Waals surface area contributed by atoms with Crippen LogP contribution in [0.25, 0.3) is 0 Å². The van der Waals surface area contributed by atoms with Gasteiger partial charge in [0.25, 0.3) is 0 Å². The maximum atomic E-state index is 11.8. The zero-order chi connectivity index (χ0) is 12.1. The summed E-state index contributed by atoms with van der Waals surface area (Å²) in [5.74, 6) is 3.03. The van der Waals surface area contributed by atoms with Crippen molar-refractivity contribution in [3.63, 3.8) is 0 Å². The lowest BCUT2D eigenvalue weighted by Crippen LogP contribution is -2.45. The molecule has 0 aliphatic carbocycles. The number of nitrogens with one attached hydrogen (secondary N) is 1. The zero-order valence-electron chi connectivity index (χ0n) is 9.63. The SMILES string of the molecule is O=CCN1CCSC1NCC(=O)N1CCSC1. The first-order valence-corrected chi connectivity index (χ1v) is 7.90. The summed E-state index contributed by atoms with van der Waals surface area (Å²) < 4.78 is 0. The Bertz CT molecular complexity index is 285. The second-order valence-corrected chi connectivity index (χ2v) is 6.22. The van der Waals surface area contributed by atoms with Gasteiger partial charge in [0, 0.05) is 24.6 Å². The Morgan fingerprint density at radius 1 is 1.41 bits per heavy atom. The van der Waals surface area contributed by atoms with E-state index in [9.17, 15) is 9.59 Å². The Morgan fingerprint density at radius 3 is 3.00 bits per heavy atom. The minimum atomic E-state index is 0.111. The van der Waals surface area contributed by atoms with Gasteiger partial charge in [-0.15, -0.1) is 23.5 Å². The van der Waals surface area contributed by atoms with Crippen LogP contribution in [-0.2, 0) is 9.59 Å². The van der Waals surface area contributed by atoms with Crippen molar-refractivity contribution in [2.45, 2.75) is 5.50 Å². The maximum absolute atomic E-state index is 11.8. The van der Waals surface area contributed by atoms with Gasteiger partial charge in [-0.2, -0.15) is 0 Å². The highest BCUT2D eigenvalue weighted by Crippen LogP contribution is 2.20. The van der Waals surface area contributed by atoms with Crippen LogP contribution in [0.5, 0.6) is 0 Å². The number of carbonyl (C=O) groups is 2. The summed E-state index contributed by atoms with van der Waals surface area (Å²) in [5.41, 5.74) is 0.111. The standard InChI is InChI=1S/C10H17N3O2S2/c14-4-1-12-3-6-17-10(12)11-7-9(15)13-2-5-16-8-13/h4,10-11H,1-3,5-8H2. The number of amides is 1. The number of nitrogens with zero attached hydrogens (tertiary/aromatic N) is 2. The van der Waals surface area contributed by atoms with E-state index in [0.717, 1.165) is 36.8 Å². The maximum Gasteiger partial charge on any atom is 0.237 e. The number of hydrogen-bond acceptors (Lipinski definition) is 6. The van der Waals surface area contributed by atoms with Crippen molar-refractivity contribution in [2.24, 2.45) is 0 Å². The molecular weight excluding hydrogens is 258 g/mol. The summed E-state index contributed by atoms with van der Waals surface area (Å²) in [6, 6.07) is 0. The quantitative estimate of drug-likeness (QED) is 0.692. The van der Waals surface area contributed by atoms with Crippen LogP contribution < -0.4 is 5.32 Å². The molecule has 1 amide bonds. The van der Waals surface area contributed by atoms with Gasteiger partial charge in [-0.05, 0) is 0 Å². The van der Waals surface area contributed by atoms with Gasteiger partial charge in [0.05, 0.1) is 19.0 Å². The van der Waals surface area contributed by atoms with Gasteiger partial charge in [0.1, 0.15) is 11.8 Å². The van der Waals surface area contributed by atoms with E-state index in [2.05, 4.69) is 10.2 Å². The van der Waals surface area contributed by atoms with Gasteiger partial charge in [-0.1, -0.05) is 0 Å². The lowest BCUT2D eigenvalue weighted by molar-refractivity contribution is -0.128. The minimum Gasteiger partial charge on any atom is -0.332 e. The lowest BCUT2D eigenvalue weighted by atomic mass is 10.5. The van der Waals surface area contributed by atoms with Crippen LogP contribution in [0.2, 0.25) is 0 Å². The highest BCUT2D eigenvalue weighted by molar-refractivity contribution is 8.00. The van der Waals surface area contributed by atoms with Crippen LogP contribution in [0, 0.1) is 0 Å². The van der Waals surface area contributed by atoms with Gasteiger partial charge in [-0.25, -0.2) is 0 Å². The second-order valence-electron chi connectivity index (χ2n) is 3.96. The Balaban J connectivity index is 1.73.